The van der Waals surface area contributed by atoms with Gasteiger partial charge in [-0.05, 0) is 43.4 Å². The molecule has 0 atom stereocenters. The second-order valence-corrected chi connectivity index (χ2v) is 8.20. The number of benzene rings is 1. The van der Waals surface area contributed by atoms with Crippen LogP contribution < -0.4 is 15.4 Å². The third-order valence-electron chi connectivity index (χ3n) is 4.02. The van der Waals surface area contributed by atoms with Crippen molar-refractivity contribution >= 4 is 21.8 Å². The Bertz CT molecular complexity index is 712. The van der Waals surface area contributed by atoms with E-state index in [2.05, 4.69) is 15.4 Å². The number of amides is 2. The second kappa shape index (κ2) is 9.68. The maximum absolute atomic E-state index is 12.1. The first-order valence-electron chi connectivity index (χ1n) is 9.05. The Morgan fingerprint density at radius 2 is 1.62 bits per heavy atom. The van der Waals surface area contributed by atoms with Gasteiger partial charge in [0.2, 0.25) is 21.8 Å². The van der Waals surface area contributed by atoms with Gasteiger partial charge in [-0.25, -0.2) is 13.1 Å². The van der Waals surface area contributed by atoms with E-state index in [9.17, 15) is 18.0 Å². The van der Waals surface area contributed by atoms with Crippen LogP contribution in [0.1, 0.15) is 44.6 Å². The summed E-state index contributed by atoms with van der Waals surface area (Å²) in [5.41, 5.74) is 0.895. The molecule has 144 valence electrons. The Morgan fingerprint density at radius 3 is 2.23 bits per heavy atom. The van der Waals surface area contributed by atoms with Crippen LogP contribution in [0.5, 0.6) is 0 Å². The van der Waals surface area contributed by atoms with E-state index in [1.54, 1.807) is 24.3 Å². The fourth-order valence-corrected chi connectivity index (χ4v) is 3.64. The predicted molar refractivity (Wildman–Crippen MR) is 99.0 cm³/mol. The van der Waals surface area contributed by atoms with E-state index in [0.29, 0.717) is 25.9 Å². The van der Waals surface area contributed by atoms with E-state index in [1.807, 2.05) is 6.92 Å². The molecule has 26 heavy (non-hydrogen) atoms. The van der Waals surface area contributed by atoms with Gasteiger partial charge in [-0.2, -0.15) is 0 Å². The first-order chi connectivity index (χ1) is 12.4. The molecule has 1 saturated carbocycles. The van der Waals surface area contributed by atoms with Crippen molar-refractivity contribution in [2.45, 2.75) is 56.4 Å². The van der Waals surface area contributed by atoms with Gasteiger partial charge in [0.05, 0.1) is 4.90 Å². The van der Waals surface area contributed by atoms with Crippen molar-refractivity contribution in [1.82, 2.24) is 15.4 Å². The summed E-state index contributed by atoms with van der Waals surface area (Å²) >= 11 is 0. The van der Waals surface area contributed by atoms with Crippen molar-refractivity contribution in [1.29, 1.82) is 0 Å². The number of nitrogens with one attached hydrogen (secondary N) is 3. The maximum atomic E-state index is 12.1. The minimum Gasteiger partial charge on any atom is -0.356 e. The van der Waals surface area contributed by atoms with Crippen LogP contribution in [0, 0.1) is 0 Å². The lowest BCUT2D eigenvalue weighted by molar-refractivity contribution is -0.122. The molecule has 0 aromatic heterocycles. The summed E-state index contributed by atoms with van der Waals surface area (Å²) in [6.45, 7) is 2.95. The highest BCUT2D eigenvalue weighted by Crippen LogP contribution is 2.22. The first-order valence-corrected chi connectivity index (χ1v) is 10.5. The quantitative estimate of drug-likeness (QED) is 0.534. The molecule has 1 fully saturated rings. The van der Waals surface area contributed by atoms with Crippen LogP contribution in [0.2, 0.25) is 0 Å². The number of hydrogen-bond acceptors (Lipinski definition) is 4. The molecule has 0 bridgehead atoms. The van der Waals surface area contributed by atoms with Gasteiger partial charge >= 0.3 is 0 Å². The molecule has 0 unspecified atom stereocenters. The third-order valence-corrected chi connectivity index (χ3v) is 5.56. The smallest absolute Gasteiger partial charge is 0.240 e. The Kier molecular flexibility index (Phi) is 7.59. The van der Waals surface area contributed by atoms with Crippen molar-refractivity contribution in [3.05, 3.63) is 29.8 Å². The molecule has 0 radical (unpaired) electrons. The summed E-state index contributed by atoms with van der Waals surface area (Å²) in [5, 5.41) is 5.47. The van der Waals surface area contributed by atoms with E-state index in [-0.39, 0.29) is 29.2 Å². The van der Waals surface area contributed by atoms with Gasteiger partial charge in [0, 0.05) is 32.0 Å². The maximum Gasteiger partial charge on any atom is 0.240 e. The lowest BCUT2D eigenvalue weighted by atomic mass is 10.1. The molecule has 1 aliphatic carbocycles. The van der Waals surface area contributed by atoms with Crippen LogP contribution in [0.25, 0.3) is 0 Å². The number of rotatable bonds is 11. The molecule has 0 saturated heterocycles. The van der Waals surface area contributed by atoms with E-state index < -0.39 is 10.0 Å². The summed E-state index contributed by atoms with van der Waals surface area (Å²) in [6.07, 6.45) is 3.76. The number of aryl methyl sites for hydroxylation is 1. The monoisotopic (exact) mass is 381 g/mol. The average molecular weight is 381 g/mol. The van der Waals surface area contributed by atoms with Gasteiger partial charge in [0.25, 0.3) is 0 Å². The molecule has 0 aliphatic heterocycles. The topological polar surface area (TPSA) is 104 Å². The summed E-state index contributed by atoms with van der Waals surface area (Å²) in [6, 6.07) is 6.67. The first kappa shape index (κ1) is 20.4. The molecule has 0 spiro atoms. The highest BCUT2D eigenvalue weighted by Gasteiger charge is 2.27. The van der Waals surface area contributed by atoms with Gasteiger partial charge in [-0.15, -0.1) is 0 Å². The van der Waals surface area contributed by atoms with Crippen molar-refractivity contribution < 1.29 is 18.0 Å². The Labute approximate surface area is 155 Å². The van der Waals surface area contributed by atoms with Gasteiger partial charge in [0.15, 0.2) is 0 Å². The fraction of sp³-hybridized carbons (Fsp3) is 0.556. The zero-order valence-electron chi connectivity index (χ0n) is 15.1. The number of hydrogen-bond donors (Lipinski definition) is 3. The van der Waals surface area contributed by atoms with E-state index in [1.165, 1.54) is 0 Å². The molecule has 2 rings (SSSR count). The normalized spacial score (nSPS) is 14.0. The molecule has 2 amide bonds. The van der Waals surface area contributed by atoms with Crippen LogP contribution in [0.4, 0.5) is 0 Å². The number of sulfonamides is 1. The van der Waals surface area contributed by atoms with E-state index >= 15 is 0 Å². The Morgan fingerprint density at radius 1 is 1.00 bits per heavy atom. The molecular weight excluding hydrogens is 354 g/mol. The third kappa shape index (κ3) is 7.13. The lowest BCUT2D eigenvalue weighted by Crippen LogP contribution is -2.31. The Balaban J connectivity index is 1.70. The second-order valence-electron chi connectivity index (χ2n) is 6.49. The minimum atomic E-state index is -3.44. The van der Waals surface area contributed by atoms with Crippen LogP contribution >= 0.6 is 0 Å². The minimum absolute atomic E-state index is 0.0660. The standard InChI is InChI=1S/C18H27N3O4S/c1-2-12-19-18(23)11-13-20-17(22)10-5-14-3-8-16(9-4-14)26(24,25)21-15-6-7-15/h3-4,8-9,15,21H,2,5-7,10-13H2,1H3,(H,19,23)(H,20,22). The Hall–Kier alpha value is -1.93. The summed E-state index contributed by atoms with van der Waals surface area (Å²) < 4.78 is 26.8. The molecule has 0 heterocycles. The van der Waals surface area contributed by atoms with Gasteiger partial charge in [0.1, 0.15) is 0 Å². The van der Waals surface area contributed by atoms with Crippen molar-refractivity contribution in [3.63, 3.8) is 0 Å². The summed E-state index contributed by atoms with van der Waals surface area (Å²) in [5.74, 6) is -0.191. The van der Waals surface area contributed by atoms with Gasteiger partial charge in [-0.1, -0.05) is 19.1 Å². The van der Waals surface area contributed by atoms with E-state index in [4.69, 9.17) is 0 Å². The molecule has 7 nitrogen and oxygen atoms in total. The molecule has 3 N–H and O–H groups in total. The molecule has 1 aromatic carbocycles. The summed E-state index contributed by atoms with van der Waals surface area (Å²) in [4.78, 5) is 23.5. The molecule has 8 heteroatoms. The zero-order chi connectivity index (χ0) is 19.0. The lowest BCUT2D eigenvalue weighted by Gasteiger charge is -2.08. The van der Waals surface area contributed by atoms with Crippen molar-refractivity contribution in [2.24, 2.45) is 0 Å². The van der Waals surface area contributed by atoms with Crippen LogP contribution in [-0.4, -0.2) is 39.4 Å². The SMILES string of the molecule is CCCNC(=O)CCNC(=O)CCc1ccc(S(=O)(=O)NC2CC2)cc1. The largest absolute Gasteiger partial charge is 0.356 e. The predicted octanol–water partition coefficient (Wildman–Crippen LogP) is 1.09. The molecule has 1 aliphatic rings. The highest BCUT2D eigenvalue weighted by molar-refractivity contribution is 7.89. The van der Waals surface area contributed by atoms with Crippen LogP contribution in [-0.2, 0) is 26.0 Å². The van der Waals surface area contributed by atoms with Crippen LogP contribution in [0.15, 0.2) is 29.2 Å². The van der Waals surface area contributed by atoms with Crippen molar-refractivity contribution in [2.75, 3.05) is 13.1 Å². The molecule has 1 aromatic rings. The fourth-order valence-electron chi connectivity index (χ4n) is 2.34. The van der Waals surface area contributed by atoms with Crippen LogP contribution in [0.3, 0.4) is 0 Å². The van der Waals surface area contributed by atoms with E-state index in [0.717, 1.165) is 24.8 Å². The summed E-state index contributed by atoms with van der Waals surface area (Å²) in [7, 11) is -3.44. The molecular formula is C18H27N3O4S. The number of carbonyl (C=O) groups is 2. The zero-order valence-corrected chi connectivity index (χ0v) is 15.9. The number of carbonyl (C=O) groups excluding carboxylic acids is 2. The highest BCUT2D eigenvalue weighted by atomic mass is 32.2. The van der Waals surface area contributed by atoms with Gasteiger partial charge in [-0.3, -0.25) is 9.59 Å². The average Bonchev–Trinajstić information content (AvgIpc) is 3.42. The van der Waals surface area contributed by atoms with Gasteiger partial charge < -0.3 is 10.6 Å². The van der Waals surface area contributed by atoms with Crippen molar-refractivity contribution in [3.8, 4) is 0 Å².